The molecule has 0 aliphatic carbocycles. The lowest BCUT2D eigenvalue weighted by molar-refractivity contribution is 0.492. The van der Waals surface area contributed by atoms with Gasteiger partial charge in [0.1, 0.15) is 0 Å². The Morgan fingerprint density at radius 2 is 1.93 bits per heavy atom. The van der Waals surface area contributed by atoms with Crippen molar-refractivity contribution in [1.82, 2.24) is 4.98 Å². The van der Waals surface area contributed by atoms with E-state index in [2.05, 4.69) is 4.98 Å². The van der Waals surface area contributed by atoms with E-state index in [0.717, 1.165) is 5.01 Å². The van der Waals surface area contributed by atoms with Gasteiger partial charge in [-0.2, -0.15) is 0 Å². The predicted octanol–water partition coefficient (Wildman–Crippen LogP) is 3.21. The SMILES string of the molecule is CC.Cc1nc(N(C)S(C)(O)O)cs1. The van der Waals surface area contributed by atoms with Crippen molar-refractivity contribution in [2.24, 2.45) is 0 Å². The Morgan fingerprint density at radius 3 is 2.21 bits per heavy atom. The molecule has 0 amide bonds. The van der Waals surface area contributed by atoms with Gasteiger partial charge in [-0.05, 0) is 6.92 Å². The highest BCUT2D eigenvalue weighted by Crippen LogP contribution is 2.40. The van der Waals surface area contributed by atoms with Crippen LogP contribution >= 0.6 is 22.1 Å². The zero-order valence-electron chi connectivity index (χ0n) is 9.18. The van der Waals surface area contributed by atoms with Crippen LogP contribution in [0.5, 0.6) is 0 Å². The number of anilines is 1. The normalized spacial score (nSPS) is 11.6. The Kier molecular flexibility index (Phi) is 5.43. The van der Waals surface area contributed by atoms with Gasteiger partial charge in [0.05, 0.1) is 5.01 Å². The first-order chi connectivity index (χ1) is 6.41. The minimum Gasteiger partial charge on any atom is -0.282 e. The van der Waals surface area contributed by atoms with E-state index < -0.39 is 10.8 Å². The van der Waals surface area contributed by atoms with Crippen LogP contribution in [0.15, 0.2) is 5.38 Å². The van der Waals surface area contributed by atoms with Gasteiger partial charge in [0.15, 0.2) is 5.82 Å². The molecule has 0 spiro atoms. The molecule has 1 heterocycles. The van der Waals surface area contributed by atoms with Crippen LogP contribution in [0.25, 0.3) is 0 Å². The van der Waals surface area contributed by atoms with Gasteiger partial charge in [0, 0.05) is 18.7 Å². The van der Waals surface area contributed by atoms with Crippen LogP contribution in [0.2, 0.25) is 0 Å². The molecule has 0 bridgehead atoms. The molecule has 84 valence electrons. The first-order valence-corrected chi connectivity index (χ1v) is 7.09. The van der Waals surface area contributed by atoms with Crippen molar-refractivity contribution in [3.05, 3.63) is 10.4 Å². The van der Waals surface area contributed by atoms with Gasteiger partial charge in [0.25, 0.3) is 0 Å². The van der Waals surface area contributed by atoms with Crippen molar-refractivity contribution in [1.29, 1.82) is 0 Å². The van der Waals surface area contributed by atoms with E-state index in [1.165, 1.54) is 21.9 Å². The lowest BCUT2D eigenvalue weighted by atomic mass is 10.7. The fourth-order valence-electron chi connectivity index (χ4n) is 0.674. The van der Waals surface area contributed by atoms with E-state index in [0.29, 0.717) is 5.82 Å². The number of nitrogens with zero attached hydrogens (tertiary/aromatic N) is 2. The second kappa shape index (κ2) is 5.55. The van der Waals surface area contributed by atoms with Gasteiger partial charge in [-0.15, -0.1) is 22.1 Å². The summed E-state index contributed by atoms with van der Waals surface area (Å²) in [6.45, 7) is 5.88. The van der Waals surface area contributed by atoms with Crippen molar-refractivity contribution in [2.75, 3.05) is 17.6 Å². The molecule has 1 rings (SSSR count). The monoisotopic (exact) mass is 238 g/mol. The number of rotatable bonds is 2. The van der Waals surface area contributed by atoms with Crippen molar-refractivity contribution in [2.45, 2.75) is 20.8 Å². The van der Waals surface area contributed by atoms with Crippen LogP contribution < -0.4 is 4.31 Å². The maximum absolute atomic E-state index is 9.28. The van der Waals surface area contributed by atoms with Crippen LogP contribution in [-0.4, -0.2) is 27.4 Å². The fraction of sp³-hybridized carbons (Fsp3) is 0.625. The lowest BCUT2D eigenvalue weighted by Crippen LogP contribution is -2.21. The third-order valence-corrected chi connectivity index (χ3v) is 3.43. The Labute approximate surface area is 91.1 Å². The first kappa shape index (κ1) is 13.7. The van der Waals surface area contributed by atoms with E-state index in [4.69, 9.17) is 0 Å². The van der Waals surface area contributed by atoms with E-state index in [-0.39, 0.29) is 0 Å². The number of aromatic nitrogens is 1. The molecule has 0 unspecified atom stereocenters. The van der Waals surface area contributed by atoms with Crippen molar-refractivity contribution >= 4 is 27.9 Å². The second-order valence-electron chi connectivity index (χ2n) is 2.51. The number of aryl methyl sites for hydroxylation is 1. The molecule has 4 nitrogen and oxygen atoms in total. The summed E-state index contributed by atoms with van der Waals surface area (Å²) >= 11 is 1.49. The number of thiazole rings is 1. The third kappa shape index (κ3) is 3.83. The molecular formula is C8H18N2O2S2. The molecule has 14 heavy (non-hydrogen) atoms. The maximum Gasteiger partial charge on any atom is 0.157 e. The topological polar surface area (TPSA) is 56.6 Å². The molecule has 0 radical (unpaired) electrons. The molecule has 0 aliphatic rings. The average Bonchev–Trinajstić information content (AvgIpc) is 2.52. The van der Waals surface area contributed by atoms with Crippen molar-refractivity contribution in [3.8, 4) is 0 Å². The fourth-order valence-corrected chi connectivity index (χ4v) is 1.82. The van der Waals surface area contributed by atoms with E-state index in [1.807, 2.05) is 20.8 Å². The van der Waals surface area contributed by atoms with E-state index >= 15 is 0 Å². The minimum absolute atomic E-state index is 0.611. The highest BCUT2D eigenvalue weighted by atomic mass is 32.3. The van der Waals surface area contributed by atoms with Gasteiger partial charge in [-0.25, -0.2) is 4.98 Å². The molecule has 1 aromatic rings. The lowest BCUT2D eigenvalue weighted by Gasteiger charge is -2.36. The zero-order valence-corrected chi connectivity index (χ0v) is 10.8. The molecule has 0 fully saturated rings. The summed E-state index contributed by atoms with van der Waals surface area (Å²) in [7, 11) is -1.05. The maximum atomic E-state index is 9.28. The van der Waals surface area contributed by atoms with Gasteiger partial charge in [0.2, 0.25) is 0 Å². The molecule has 0 saturated carbocycles. The van der Waals surface area contributed by atoms with Crippen LogP contribution in [0.4, 0.5) is 5.82 Å². The molecule has 0 atom stereocenters. The van der Waals surface area contributed by atoms with E-state index in [1.54, 1.807) is 12.4 Å². The molecule has 0 aromatic carbocycles. The summed E-state index contributed by atoms with van der Waals surface area (Å²) in [4.78, 5) is 4.12. The molecule has 0 aliphatic heterocycles. The Morgan fingerprint density at radius 1 is 1.43 bits per heavy atom. The summed E-state index contributed by atoms with van der Waals surface area (Å²) in [5.74, 6) is 0.611. The summed E-state index contributed by atoms with van der Waals surface area (Å²) in [6, 6.07) is 0. The van der Waals surface area contributed by atoms with Gasteiger partial charge in [-0.1, -0.05) is 13.8 Å². The Balaban J connectivity index is 0.000000791. The summed E-state index contributed by atoms with van der Waals surface area (Å²) < 4.78 is 19.9. The Bertz CT molecular complexity index is 271. The standard InChI is InChI=1S/C6H12N2O2S2.C2H6/c1-5-7-6(4-11-5)8(2)12(3,9)10;1-2/h4,9-10H,1-3H3;1-2H3. The Hall–Kier alpha value is -0.300. The number of hydrogen-bond donors (Lipinski definition) is 2. The predicted molar refractivity (Wildman–Crippen MR) is 65.4 cm³/mol. The van der Waals surface area contributed by atoms with Crippen LogP contribution in [-0.2, 0) is 0 Å². The van der Waals surface area contributed by atoms with Crippen LogP contribution in [0.3, 0.4) is 0 Å². The molecule has 1 aromatic heterocycles. The summed E-state index contributed by atoms with van der Waals surface area (Å²) in [6.07, 6.45) is 1.38. The van der Waals surface area contributed by atoms with Crippen LogP contribution in [0, 0.1) is 6.92 Å². The zero-order chi connectivity index (χ0) is 11.4. The van der Waals surface area contributed by atoms with Gasteiger partial charge >= 0.3 is 0 Å². The second-order valence-corrected chi connectivity index (χ2v) is 5.71. The largest absolute Gasteiger partial charge is 0.282 e. The summed E-state index contributed by atoms with van der Waals surface area (Å²) in [5, 5.41) is 2.72. The van der Waals surface area contributed by atoms with Gasteiger partial charge in [-0.3, -0.25) is 13.4 Å². The third-order valence-electron chi connectivity index (χ3n) is 1.45. The first-order valence-electron chi connectivity index (χ1n) is 4.30. The average molecular weight is 238 g/mol. The van der Waals surface area contributed by atoms with Crippen molar-refractivity contribution < 1.29 is 9.11 Å². The van der Waals surface area contributed by atoms with Crippen LogP contribution in [0.1, 0.15) is 18.9 Å². The molecule has 0 saturated heterocycles. The van der Waals surface area contributed by atoms with E-state index in [9.17, 15) is 9.11 Å². The van der Waals surface area contributed by atoms with Gasteiger partial charge < -0.3 is 0 Å². The highest BCUT2D eigenvalue weighted by Gasteiger charge is 2.14. The highest BCUT2D eigenvalue weighted by molar-refractivity contribution is 8.24. The molecule has 6 heteroatoms. The van der Waals surface area contributed by atoms with Crippen molar-refractivity contribution in [3.63, 3.8) is 0 Å². The molecule has 2 N–H and O–H groups in total. The quantitative estimate of drug-likeness (QED) is 0.830. The summed E-state index contributed by atoms with van der Waals surface area (Å²) in [5.41, 5.74) is 0. The molecular weight excluding hydrogens is 220 g/mol. The minimum atomic E-state index is -2.67. The smallest absolute Gasteiger partial charge is 0.157 e. The number of hydrogen-bond acceptors (Lipinski definition) is 5.